The zero-order valence-corrected chi connectivity index (χ0v) is 17.4. The molecule has 8 heteroatoms. The molecule has 1 heterocycles. The van der Waals surface area contributed by atoms with Gasteiger partial charge in [0.15, 0.2) is 6.04 Å². The molecule has 0 bridgehead atoms. The number of rotatable bonds is 7. The summed E-state index contributed by atoms with van der Waals surface area (Å²) in [6, 6.07) is 7.34. The van der Waals surface area contributed by atoms with E-state index in [1.165, 1.54) is 4.90 Å². The normalized spacial score (nSPS) is 17.6. The molecule has 1 fully saturated rings. The minimum atomic E-state index is -0.885. The quantitative estimate of drug-likeness (QED) is 0.668. The molecule has 1 saturated heterocycles. The van der Waals surface area contributed by atoms with Crippen LogP contribution in [0.4, 0.5) is 0 Å². The Morgan fingerprint density at radius 2 is 1.83 bits per heavy atom. The summed E-state index contributed by atoms with van der Waals surface area (Å²) >= 11 is 0. The van der Waals surface area contributed by atoms with Gasteiger partial charge < -0.3 is 20.3 Å². The van der Waals surface area contributed by atoms with Crippen molar-refractivity contribution in [2.45, 2.75) is 58.2 Å². The van der Waals surface area contributed by atoms with E-state index in [1.807, 2.05) is 6.07 Å². The molecule has 0 aromatic heterocycles. The first-order valence-electron chi connectivity index (χ1n) is 9.76. The van der Waals surface area contributed by atoms with Crippen molar-refractivity contribution in [2.75, 3.05) is 13.1 Å². The standard InChI is InChI=1S/C21H29N3O5/c1-5-16(25)22-13-17(26)23-15-11-12-24(19(15)27)18(14-9-7-6-8-10-14)20(28)29-21(2,3)4/h6-10,15,18H,5,11-13H2,1-4H3,(H,22,25)(H,23,26). The first kappa shape index (κ1) is 22.4. The van der Waals surface area contributed by atoms with Crippen molar-refractivity contribution in [3.63, 3.8) is 0 Å². The molecule has 0 aliphatic carbocycles. The van der Waals surface area contributed by atoms with E-state index >= 15 is 0 Å². The lowest BCUT2D eigenvalue weighted by molar-refractivity contribution is -0.164. The zero-order valence-electron chi connectivity index (χ0n) is 17.4. The van der Waals surface area contributed by atoms with Crippen molar-refractivity contribution in [2.24, 2.45) is 0 Å². The van der Waals surface area contributed by atoms with Crippen molar-refractivity contribution in [3.8, 4) is 0 Å². The Kier molecular flexibility index (Phi) is 7.36. The fourth-order valence-corrected chi connectivity index (χ4v) is 3.08. The molecule has 1 aromatic carbocycles. The van der Waals surface area contributed by atoms with Gasteiger partial charge in [-0.1, -0.05) is 37.3 Å². The minimum absolute atomic E-state index is 0.190. The van der Waals surface area contributed by atoms with Crippen molar-refractivity contribution in [1.29, 1.82) is 0 Å². The summed E-state index contributed by atoms with van der Waals surface area (Å²) in [7, 11) is 0. The number of carbonyl (C=O) groups is 4. The van der Waals surface area contributed by atoms with Crippen LogP contribution in [0.25, 0.3) is 0 Å². The van der Waals surface area contributed by atoms with Crippen LogP contribution in [0, 0.1) is 0 Å². The molecule has 1 aliphatic rings. The number of likely N-dealkylation sites (tertiary alicyclic amines) is 1. The van der Waals surface area contributed by atoms with E-state index in [0.717, 1.165) is 0 Å². The second kappa shape index (κ2) is 9.54. The summed E-state index contributed by atoms with van der Waals surface area (Å²) in [5.41, 5.74) is -0.0462. The van der Waals surface area contributed by atoms with E-state index in [2.05, 4.69) is 10.6 Å². The fraction of sp³-hybridized carbons (Fsp3) is 0.524. The molecule has 1 aromatic rings. The van der Waals surface area contributed by atoms with Gasteiger partial charge in [-0.25, -0.2) is 4.79 Å². The Bertz CT molecular complexity index is 757. The van der Waals surface area contributed by atoms with Crippen molar-refractivity contribution >= 4 is 23.7 Å². The van der Waals surface area contributed by atoms with Gasteiger partial charge in [-0.3, -0.25) is 14.4 Å². The summed E-state index contributed by atoms with van der Waals surface area (Å²) < 4.78 is 5.54. The molecule has 0 saturated carbocycles. The predicted molar refractivity (Wildman–Crippen MR) is 107 cm³/mol. The molecule has 0 radical (unpaired) electrons. The third-order valence-electron chi connectivity index (χ3n) is 4.40. The lowest BCUT2D eigenvalue weighted by Gasteiger charge is -2.30. The average Bonchev–Trinajstić information content (AvgIpc) is 3.00. The van der Waals surface area contributed by atoms with Crippen LogP contribution in [-0.4, -0.2) is 53.3 Å². The van der Waals surface area contributed by atoms with Gasteiger partial charge in [0.1, 0.15) is 11.6 Å². The van der Waals surface area contributed by atoms with Gasteiger partial charge in [-0.2, -0.15) is 0 Å². The van der Waals surface area contributed by atoms with Crippen molar-refractivity contribution in [3.05, 3.63) is 35.9 Å². The number of hydrogen-bond acceptors (Lipinski definition) is 5. The number of ether oxygens (including phenoxy) is 1. The van der Waals surface area contributed by atoms with Crippen LogP contribution in [0.3, 0.4) is 0 Å². The topological polar surface area (TPSA) is 105 Å². The molecule has 29 heavy (non-hydrogen) atoms. The maximum atomic E-state index is 12.9. The lowest BCUT2D eigenvalue weighted by atomic mass is 10.0. The van der Waals surface area contributed by atoms with Crippen molar-refractivity contribution < 1.29 is 23.9 Å². The van der Waals surface area contributed by atoms with Gasteiger partial charge in [-0.15, -0.1) is 0 Å². The number of carbonyl (C=O) groups excluding carboxylic acids is 4. The lowest BCUT2D eigenvalue weighted by Crippen LogP contribution is -2.47. The summed E-state index contributed by atoms with van der Waals surface area (Å²) in [6.07, 6.45) is 0.649. The van der Waals surface area contributed by atoms with E-state index < -0.39 is 29.6 Å². The van der Waals surface area contributed by atoms with Gasteiger partial charge in [0.05, 0.1) is 6.54 Å². The molecule has 8 nitrogen and oxygen atoms in total. The molecule has 2 unspecified atom stereocenters. The van der Waals surface area contributed by atoms with Gasteiger partial charge in [0.2, 0.25) is 17.7 Å². The summed E-state index contributed by atoms with van der Waals surface area (Å²) in [6.45, 7) is 7.12. The van der Waals surface area contributed by atoms with Crippen LogP contribution in [0.1, 0.15) is 52.1 Å². The van der Waals surface area contributed by atoms with Crippen LogP contribution in [-0.2, 0) is 23.9 Å². The molecule has 158 valence electrons. The van der Waals surface area contributed by atoms with Crippen LogP contribution in [0.2, 0.25) is 0 Å². The molecule has 3 amide bonds. The SMILES string of the molecule is CCC(=O)NCC(=O)NC1CCN(C(C(=O)OC(C)(C)C)c2ccccc2)C1=O. The summed E-state index contributed by atoms with van der Waals surface area (Å²) in [4.78, 5) is 50.6. The van der Waals surface area contributed by atoms with Gasteiger partial charge in [0, 0.05) is 13.0 Å². The Morgan fingerprint density at radius 1 is 1.17 bits per heavy atom. The van der Waals surface area contributed by atoms with E-state index in [0.29, 0.717) is 18.5 Å². The number of amides is 3. The van der Waals surface area contributed by atoms with E-state index in [-0.39, 0.29) is 24.8 Å². The Labute approximate surface area is 171 Å². The molecular formula is C21H29N3O5. The molecule has 2 atom stereocenters. The largest absolute Gasteiger partial charge is 0.458 e. The molecule has 1 aliphatic heterocycles. The number of benzene rings is 1. The van der Waals surface area contributed by atoms with Crippen LogP contribution in [0.15, 0.2) is 30.3 Å². The van der Waals surface area contributed by atoms with Crippen LogP contribution < -0.4 is 10.6 Å². The maximum Gasteiger partial charge on any atom is 0.334 e. The molecule has 2 rings (SSSR count). The third-order valence-corrected chi connectivity index (χ3v) is 4.40. The number of esters is 1. The minimum Gasteiger partial charge on any atom is -0.458 e. The molecule has 0 spiro atoms. The molecule has 2 N–H and O–H groups in total. The van der Waals surface area contributed by atoms with Gasteiger partial charge in [0.25, 0.3) is 0 Å². The number of nitrogens with zero attached hydrogens (tertiary/aromatic N) is 1. The highest BCUT2D eigenvalue weighted by molar-refractivity contribution is 5.93. The summed E-state index contributed by atoms with van der Waals surface area (Å²) in [5, 5.41) is 5.11. The zero-order chi connectivity index (χ0) is 21.6. The van der Waals surface area contributed by atoms with Gasteiger partial charge >= 0.3 is 5.97 Å². The maximum absolute atomic E-state index is 12.9. The smallest absolute Gasteiger partial charge is 0.334 e. The van der Waals surface area contributed by atoms with E-state index in [1.54, 1.807) is 52.0 Å². The second-order valence-corrected chi connectivity index (χ2v) is 7.92. The average molecular weight is 403 g/mol. The third kappa shape index (κ3) is 6.30. The molecular weight excluding hydrogens is 374 g/mol. The number of nitrogens with one attached hydrogen (secondary N) is 2. The van der Waals surface area contributed by atoms with E-state index in [4.69, 9.17) is 4.74 Å². The number of hydrogen-bond donors (Lipinski definition) is 2. The Hall–Kier alpha value is -2.90. The van der Waals surface area contributed by atoms with Crippen molar-refractivity contribution in [1.82, 2.24) is 15.5 Å². The van der Waals surface area contributed by atoms with Gasteiger partial charge in [-0.05, 0) is 32.8 Å². The second-order valence-electron chi connectivity index (χ2n) is 7.92. The first-order chi connectivity index (χ1) is 13.6. The summed E-state index contributed by atoms with van der Waals surface area (Å²) in [5.74, 6) is -1.55. The fourth-order valence-electron chi connectivity index (χ4n) is 3.08. The predicted octanol–water partition coefficient (Wildman–Crippen LogP) is 1.31. The Balaban J connectivity index is 2.12. The Morgan fingerprint density at radius 3 is 2.41 bits per heavy atom. The highest BCUT2D eigenvalue weighted by atomic mass is 16.6. The van der Waals surface area contributed by atoms with Crippen LogP contribution >= 0.6 is 0 Å². The van der Waals surface area contributed by atoms with Crippen LogP contribution in [0.5, 0.6) is 0 Å². The highest BCUT2D eigenvalue weighted by Gasteiger charge is 2.41. The van der Waals surface area contributed by atoms with E-state index in [9.17, 15) is 19.2 Å². The first-order valence-corrected chi connectivity index (χ1v) is 9.76. The highest BCUT2D eigenvalue weighted by Crippen LogP contribution is 2.29. The monoisotopic (exact) mass is 403 g/mol.